The summed E-state index contributed by atoms with van der Waals surface area (Å²) >= 11 is 0. The van der Waals surface area contributed by atoms with Crippen LogP contribution in [-0.4, -0.2) is 17.1 Å². The number of methoxy groups -OCH3 is 1. The average Bonchev–Trinajstić information content (AvgIpc) is 2.94. The van der Waals surface area contributed by atoms with Crippen LogP contribution in [0.1, 0.15) is 23.2 Å². The molecule has 20 heavy (non-hydrogen) atoms. The van der Waals surface area contributed by atoms with Gasteiger partial charge in [-0.2, -0.15) is 0 Å². The molecule has 0 spiro atoms. The smallest absolute Gasteiger partial charge is 0.165 e. The van der Waals surface area contributed by atoms with Gasteiger partial charge in [0.15, 0.2) is 5.82 Å². The maximum Gasteiger partial charge on any atom is 0.165 e. The van der Waals surface area contributed by atoms with Crippen LogP contribution in [0.2, 0.25) is 0 Å². The Hall–Kier alpha value is -2.14. The largest absolute Gasteiger partial charge is 0.496 e. The van der Waals surface area contributed by atoms with Crippen LogP contribution in [0, 0.1) is 6.92 Å². The van der Waals surface area contributed by atoms with E-state index in [0.29, 0.717) is 5.82 Å². The Morgan fingerprint density at radius 3 is 2.85 bits per heavy atom. The summed E-state index contributed by atoms with van der Waals surface area (Å²) in [7, 11) is 1.66. The fraction of sp³-hybridized carbons (Fsp3) is 0.333. The van der Waals surface area contributed by atoms with Crippen molar-refractivity contribution in [3.63, 3.8) is 0 Å². The minimum atomic E-state index is 0.662. The molecule has 0 radical (unpaired) electrons. The lowest BCUT2D eigenvalue weighted by molar-refractivity contribution is 0.416. The molecule has 0 aliphatic heterocycles. The van der Waals surface area contributed by atoms with Crippen molar-refractivity contribution in [3.05, 3.63) is 35.0 Å². The molecule has 104 valence electrons. The number of hydrogen-bond acceptors (Lipinski definition) is 5. The van der Waals surface area contributed by atoms with Crippen LogP contribution in [0.3, 0.4) is 0 Å². The molecular weight excluding hydrogens is 252 g/mol. The Bertz CT molecular complexity index is 655. The molecular formula is C15H18N4O. The highest BCUT2D eigenvalue weighted by atomic mass is 16.5. The number of nitrogens with one attached hydrogen (secondary N) is 1. The van der Waals surface area contributed by atoms with Crippen LogP contribution in [0.4, 0.5) is 5.82 Å². The summed E-state index contributed by atoms with van der Waals surface area (Å²) < 4.78 is 5.44. The van der Waals surface area contributed by atoms with Crippen molar-refractivity contribution in [1.29, 1.82) is 0 Å². The van der Waals surface area contributed by atoms with E-state index >= 15 is 0 Å². The molecule has 0 unspecified atom stereocenters. The number of nitrogen functional groups attached to an aromatic ring is 1. The maximum atomic E-state index is 5.59. The van der Waals surface area contributed by atoms with E-state index in [4.69, 9.17) is 10.6 Å². The predicted molar refractivity (Wildman–Crippen MR) is 78.6 cm³/mol. The van der Waals surface area contributed by atoms with Gasteiger partial charge in [-0.05, 0) is 43.9 Å². The number of aromatic nitrogens is 2. The quantitative estimate of drug-likeness (QED) is 0.661. The number of aryl methyl sites for hydroxylation is 2. The van der Waals surface area contributed by atoms with Gasteiger partial charge in [-0.1, -0.05) is 6.07 Å². The first kappa shape index (κ1) is 12.9. The van der Waals surface area contributed by atoms with Crippen molar-refractivity contribution in [2.75, 3.05) is 12.5 Å². The third-order valence-electron chi connectivity index (χ3n) is 3.67. The number of nitrogens with zero attached hydrogens (tertiary/aromatic N) is 2. The first-order chi connectivity index (χ1) is 9.72. The number of benzene rings is 1. The number of ether oxygens (including phenoxy) is 1. The van der Waals surface area contributed by atoms with E-state index in [0.717, 1.165) is 53.2 Å². The molecule has 3 rings (SSSR count). The molecule has 0 bridgehead atoms. The maximum absolute atomic E-state index is 5.59. The Morgan fingerprint density at radius 1 is 1.25 bits per heavy atom. The van der Waals surface area contributed by atoms with E-state index in [1.807, 2.05) is 25.1 Å². The van der Waals surface area contributed by atoms with E-state index in [1.165, 1.54) is 0 Å². The van der Waals surface area contributed by atoms with Gasteiger partial charge >= 0.3 is 0 Å². The first-order valence-electron chi connectivity index (χ1n) is 6.74. The van der Waals surface area contributed by atoms with Crippen LogP contribution < -0.4 is 16.0 Å². The van der Waals surface area contributed by atoms with Crippen molar-refractivity contribution in [1.82, 2.24) is 9.97 Å². The average molecular weight is 270 g/mol. The number of anilines is 1. The van der Waals surface area contributed by atoms with Crippen molar-refractivity contribution in [2.24, 2.45) is 5.84 Å². The number of hydrazine groups is 1. The molecule has 1 aliphatic carbocycles. The van der Waals surface area contributed by atoms with Crippen LogP contribution in [0.5, 0.6) is 5.75 Å². The predicted octanol–water partition coefficient (Wildman–Crippen LogP) is 2.23. The van der Waals surface area contributed by atoms with Gasteiger partial charge in [-0.3, -0.25) is 0 Å². The normalized spacial score (nSPS) is 13.2. The van der Waals surface area contributed by atoms with E-state index < -0.39 is 0 Å². The highest BCUT2D eigenvalue weighted by molar-refractivity contribution is 5.67. The standard InChI is InChI=1S/C15H18N4O/c1-9-6-7-11(13(8-9)20-2)14-17-12-5-3-4-10(12)15(18-14)19-16/h6-8H,3-5,16H2,1-2H3,(H,17,18,19). The van der Waals surface area contributed by atoms with E-state index in [2.05, 4.69) is 15.4 Å². The highest BCUT2D eigenvalue weighted by Crippen LogP contribution is 2.33. The lowest BCUT2D eigenvalue weighted by atomic mass is 10.1. The van der Waals surface area contributed by atoms with Crippen LogP contribution in [-0.2, 0) is 12.8 Å². The van der Waals surface area contributed by atoms with Crippen LogP contribution in [0.15, 0.2) is 18.2 Å². The minimum Gasteiger partial charge on any atom is -0.496 e. The molecule has 1 aliphatic rings. The molecule has 1 heterocycles. The van der Waals surface area contributed by atoms with Gasteiger partial charge in [-0.15, -0.1) is 0 Å². The zero-order valence-electron chi connectivity index (χ0n) is 11.7. The van der Waals surface area contributed by atoms with Gasteiger partial charge < -0.3 is 10.2 Å². The van der Waals surface area contributed by atoms with Gasteiger partial charge in [0.25, 0.3) is 0 Å². The monoisotopic (exact) mass is 270 g/mol. The second-order valence-electron chi connectivity index (χ2n) is 5.02. The van der Waals surface area contributed by atoms with Crippen LogP contribution >= 0.6 is 0 Å². The zero-order chi connectivity index (χ0) is 14.1. The minimum absolute atomic E-state index is 0.662. The van der Waals surface area contributed by atoms with E-state index in [1.54, 1.807) is 7.11 Å². The highest BCUT2D eigenvalue weighted by Gasteiger charge is 2.20. The molecule has 0 saturated carbocycles. The summed E-state index contributed by atoms with van der Waals surface area (Å²) in [5.41, 5.74) is 6.96. The number of hydrogen-bond donors (Lipinski definition) is 2. The van der Waals surface area contributed by atoms with Crippen molar-refractivity contribution in [3.8, 4) is 17.1 Å². The van der Waals surface area contributed by atoms with Crippen molar-refractivity contribution in [2.45, 2.75) is 26.2 Å². The van der Waals surface area contributed by atoms with E-state index in [9.17, 15) is 0 Å². The lowest BCUT2D eigenvalue weighted by Crippen LogP contribution is -2.13. The second kappa shape index (κ2) is 5.09. The second-order valence-corrected chi connectivity index (χ2v) is 5.02. The summed E-state index contributed by atoms with van der Waals surface area (Å²) in [5, 5.41) is 0. The molecule has 0 amide bonds. The zero-order valence-corrected chi connectivity index (χ0v) is 11.7. The summed E-state index contributed by atoms with van der Waals surface area (Å²) in [6, 6.07) is 6.01. The Kier molecular flexibility index (Phi) is 3.28. The lowest BCUT2D eigenvalue weighted by Gasteiger charge is -2.12. The Balaban J connectivity index is 2.15. The summed E-state index contributed by atoms with van der Waals surface area (Å²) in [4.78, 5) is 9.23. The first-order valence-corrected chi connectivity index (χ1v) is 6.74. The summed E-state index contributed by atoms with van der Waals surface area (Å²) in [6.07, 6.45) is 3.07. The van der Waals surface area contributed by atoms with Gasteiger partial charge in [0.1, 0.15) is 11.6 Å². The molecule has 3 N–H and O–H groups in total. The molecule has 0 atom stereocenters. The third-order valence-corrected chi connectivity index (χ3v) is 3.67. The van der Waals surface area contributed by atoms with Gasteiger partial charge in [0.2, 0.25) is 0 Å². The van der Waals surface area contributed by atoms with Crippen molar-refractivity contribution >= 4 is 5.82 Å². The number of rotatable bonds is 3. The molecule has 5 heteroatoms. The molecule has 2 aromatic rings. The fourth-order valence-corrected chi connectivity index (χ4v) is 2.66. The van der Waals surface area contributed by atoms with E-state index in [-0.39, 0.29) is 0 Å². The van der Waals surface area contributed by atoms with Gasteiger partial charge in [0.05, 0.1) is 12.7 Å². The molecule has 1 aromatic heterocycles. The third kappa shape index (κ3) is 2.10. The van der Waals surface area contributed by atoms with Gasteiger partial charge in [-0.25, -0.2) is 15.8 Å². The van der Waals surface area contributed by atoms with Crippen LogP contribution in [0.25, 0.3) is 11.4 Å². The number of fused-ring (bicyclic) bond motifs is 1. The molecule has 1 aromatic carbocycles. The summed E-state index contributed by atoms with van der Waals surface area (Å²) in [5.74, 6) is 7.77. The molecule has 5 nitrogen and oxygen atoms in total. The molecule has 0 saturated heterocycles. The Morgan fingerprint density at radius 2 is 2.10 bits per heavy atom. The fourth-order valence-electron chi connectivity index (χ4n) is 2.66. The number of nitrogens with two attached hydrogens (primary N) is 1. The molecule has 0 fully saturated rings. The van der Waals surface area contributed by atoms with Gasteiger partial charge in [0, 0.05) is 11.3 Å². The SMILES string of the molecule is COc1cc(C)ccc1-c1nc2c(c(NN)n1)CCC2. The Labute approximate surface area is 118 Å². The topological polar surface area (TPSA) is 73.1 Å². The van der Waals surface area contributed by atoms with Crippen molar-refractivity contribution < 1.29 is 4.74 Å². The summed E-state index contributed by atoms with van der Waals surface area (Å²) in [6.45, 7) is 2.03.